The normalized spacial score (nSPS) is 21.5. The first-order valence-electron chi connectivity index (χ1n) is 11.2. The largest absolute Gasteiger partial charge is 0.472 e. The van der Waals surface area contributed by atoms with Crippen molar-refractivity contribution in [1.29, 1.82) is 0 Å². The number of nitrogens with one attached hydrogen (secondary N) is 1. The number of aliphatic hydroxyl groups excluding tert-OH is 1. The number of morpholine rings is 1. The van der Waals surface area contributed by atoms with Crippen molar-refractivity contribution in [3.8, 4) is 17.1 Å². The molecule has 0 radical (unpaired) electrons. The Hall–Kier alpha value is -3.12. The summed E-state index contributed by atoms with van der Waals surface area (Å²) in [6.45, 7) is 7.53. The summed E-state index contributed by atoms with van der Waals surface area (Å²) in [5.41, 5.74) is 5.36. The van der Waals surface area contributed by atoms with Crippen molar-refractivity contribution in [2.75, 3.05) is 36.9 Å². The molecule has 12 heteroatoms. The van der Waals surface area contributed by atoms with Gasteiger partial charge >= 0.3 is 0 Å². The van der Waals surface area contributed by atoms with Crippen LogP contribution in [-0.2, 0) is 9.53 Å². The lowest BCUT2D eigenvalue weighted by atomic mass is 9.86. The minimum absolute atomic E-state index is 0.0176. The molecule has 4 rings (SSSR count). The standard InChI is InChI=1S/C22H30FN7O4/c1-22(2,3)17(31)18(32)27-13-8-14(9-13)34-19-15(23)16(12-10-25-20(24)26-11-12)28-21(29-19)30-4-6-33-7-5-30/h10-11,13-14,17,31H,4-9H2,1-3H3,(H,27,32)(H2,24,25,26)/t13-,14-,17-/m1/s1. The van der Waals surface area contributed by atoms with Gasteiger partial charge in [0.15, 0.2) is 0 Å². The van der Waals surface area contributed by atoms with Gasteiger partial charge in [-0.15, -0.1) is 0 Å². The quantitative estimate of drug-likeness (QED) is 0.551. The number of hydrogen-bond donors (Lipinski definition) is 3. The molecule has 1 saturated carbocycles. The van der Waals surface area contributed by atoms with Crippen molar-refractivity contribution in [3.63, 3.8) is 0 Å². The van der Waals surface area contributed by atoms with Crippen LogP contribution in [-0.4, -0.2) is 75.5 Å². The first-order valence-corrected chi connectivity index (χ1v) is 11.2. The van der Waals surface area contributed by atoms with Crippen molar-refractivity contribution < 1.29 is 23.8 Å². The van der Waals surface area contributed by atoms with Gasteiger partial charge in [-0.3, -0.25) is 4.79 Å². The summed E-state index contributed by atoms with van der Waals surface area (Å²) in [6.07, 6.45) is 2.28. The molecule has 2 aromatic heterocycles. The van der Waals surface area contributed by atoms with Crippen LogP contribution >= 0.6 is 0 Å². The molecule has 34 heavy (non-hydrogen) atoms. The molecule has 2 aromatic rings. The molecule has 2 aliphatic rings. The summed E-state index contributed by atoms with van der Waals surface area (Å²) < 4.78 is 26.6. The fourth-order valence-corrected chi connectivity index (χ4v) is 3.66. The number of halogens is 1. The zero-order valence-electron chi connectivity index (χ0n) is 19.5. The molecule has 1 aliphatic heterocycles. The first kappa shape index (κ1) is 24.0. The Morgan fingerprint density at radius 3 is 2.53 bits per heavy atom. The molecule has 184 valence electrons. The van der Waals surface area contributed by atoms with E-state index >= 15 is 4.39 Å². The molecule has 1 aliphatic carbocycles. The van der Waals surface area contributed by atoms with E-state index in [1.54, 1.807) is 20.8 Å². The van der Waals surface area contributed by atoms with Crippen LogP contribution < -0.4 is 20.7 Å². The number of aromatic nitrogens is 4. The second-order valence-electron chi connectivity index (χ2n) is 9.61. The monoisotopic (exact) mass is 475 g/mol. The lowest BCUT2D eigenvalue weighted by Crippen LogP contribution is -2.53. The topological polar surface area (TPSA) is 149 Å². The molecule has 0 unspecified atom stereocenters. The second kappa shape index (κ2) is 9.63. The molecule has 1 amide bonds. The van der Waals surface area contributed by atoms with Crippen molar-refractivity contribution in [2.24, 2.45) is 5.41 Å². The minimum Gasteiger partial charge on any atom is -0.472 e. The van der Waals surface area contributed by atoms with E-state index in [4.69, 9.17) is 15.2 Å². The van der Waals surface area contributed by atoms with Crippen LogP contribution in [0.25, 0.3) is 11.3 Å². The van der Waals surface area contributed by atoms with E-state index in [9.17, 15) is 9.90 Å². The van der Waals surface area contributed by atoms with Crippen LogP contribution in [0.1, 0.15) is 33.6 Å². The Kier molecular flexibility index (Phi) is 6.80. The molecule has 1 atom stereocenters. The molecule has 3 heterocycles. The first-order chi connectivity index (χ1) is 16.1. The smallest absolute Gasteiger partial charge is 0.256 e. The van der Waals surface area contributed by atoms with E-state index in [0.29, 0.717) is 50.7 Å². The number of carbonyl (C=O) groups is 1. The van der Waals surface area contributed by atoms with Gasteiger partial charge in [0.05, 0.1) is 13.2 Å². The summed E-state index contributed by atoms with van der Waals surface area (Å²) in [7, 11) is 0. The number of hydrogen-bond acceptors (Lipinski definition) is 10. The van der Waals surface area contributed by atoms with E-state index in [1.807, 2.05) is 4.90 Å². The van der Waals surface area contributed by atoms with Gasteiger partial charge < -0.3 is 30.5 Å². The van der Waals surface area contributed by atoms with Crippen molar-refractivity contribution in [1.82, 2.24) is 25.3 Å². The maximum Gasteiger partial charge on any atom is 0.256 e. The van der Waals surface area contributed by atoms with E-state index in [2.05, 4.69) is 25.3 Å². The van der Waals surface area contributed by atoms with Crippen LogP contribution in [0.4, 0.5) is 16.3 Å². The third kappa shape index (κ3) is 5.33. The second-order valence-corrected chi connectivity index (χ2v) is 9.61. The highest BCUT2D eigenvalue weighted by atomic mass is 19.1. The Morgan fingerprint density at radius 2 is 1.91 bits per heavy atom. The van der Waals surface area contributed by atoms with E-state index in [0.717, 1.165) is 0 Å². The third-order valence-electron chi connectivity index (χ3n) is 5.84. The Labute approximate surface area is 196 Å². The van der Waals surface area contributed by atoms with E-state index < -0.39 is 23.2 Å². The fraction of sp³-hybridized carbons (Fsp3) is 0.591. The summed E-state index contributed by atoms with van der Waals surface area (Å²) >= 11 is 0. The number of nitrogens with two attached hydrogens (primary N) is 1. The van der Waals surface area contributed by atoms with Crippen molar-refractivity contribution in [2.45, 2.75) is 51.9 Å². The lowest BCUT2D eigenvalue weighted by Gasteiger charge is -2.37. The minimum atomic E-state index is -1.12. The Morgan fingerprint density at radius 1 is 1.26 bits per heavy atom. The molecule has 4 N–H and O–H groups in total. The highest BCUT2D eigenvalue weighted by Crippen LogP contribution is 2.32. The van der Waals surface area contributed by atoms with Gasteiger partial charge in [-0.05, 0) is 5.41 Å². The average Bonchev–Trinajstić information content (AvgIpc) is 2.78. The van der Waals surface area contributed by atoms with Crippen LogP contribution in [0, 0.1) is 11.2 Å². The Bertz CT molecular complexity index is 1020. The SMILES string of the molecule is CC(C)(C)[C@H](O)C(=O)N[C@H]1C[C@H](Oc2nc(N3CCOCC3)nc(-c3cnc(N)nc3)c2F)C1. The number of carbonyl (C=O) groups excluding carboxylic acids is 1. The highest BCUT2D eigenvalue weighted by Gasteiger charge is 2.37. The molecule has 0 spiro atoms. The van der Waals surface area contributed by atoms with Gasteiger partial charge in [-0.1, -0.05) is 20.8 Å². The average molecular weight is 476 g/mol. The van der Waals surface area contributed by atoms with Crippen molar-refractivity contribution in [3.05, 3.63) is 18.2 Å². The van der Waals surface area contributed by atoms with Gasteiger partial charge in [-0.2, -0.15) is 9.37 Å². The van der Waals surface area contributed by atoms with E-state index in [-0.39, 0.29) is 29.7 Å². The van der Waals surface area contributed by atoms with Gasteiger partial charge in [-0.25, -0.2) is 15.0 Å². The Balaban J connectivity index is 1.49. The van der Waals surface area contributed by atoms with Crippen LogP contribution in [0.15, 0.2) is 12.4 Å². The molecule has 11 nitrogen and oxygen atoms in total. The maximum absolute atomic E-state index is 15.4. The van der Waals surface area contributed by atoms with Crippen molar-refractivity contribution >= 4 is 17.8 Å². The maximum atomic E-state index is 15.4. The van der Waals surface area contributed by atoms with Gasteiger partial charge in [0.2, 0.25) is 23.6 Å². The van der Waals surface area contributed by atoms with E-state index in [1.165, 1.54) is 12.4 Å². The molecule has 0 aromatic carbocycles. The number of amides is 1. The van der Waals surface area contributed by atoms with Crippen LogP contribution in [0.2, 0.25) is 0 Å². The zero-order valence-corrected chi connectivity index (χ0v) is 19.5. The molecule has 2 fully saturated rings. The molecular weight excluding hydrogens is 445 g/mol. The van der Waals surface area contributed by atoms with Gasteiger partial charge in [0, 0.05) is 49.9 Å². The fourth-order valence-electron chi connectivity index (χ4n) is 3.66. The number of anilines is 2. The number of ether oxygens (including phenoxy) is 2. The zero-order chi connectivity index (χ0) is 24.5. The summed E-state index contributed by atoms with van der Waals surface area (Å²) in [6, 6.07) is -0.164. The summed E-state index contributed by atoms with van der Waals surface area (Å²) in [5, 5.41) is 12.9. The number of rotatable bonds is 6. The van der Waals surface area contributed by atoms with Crippen LogP contribution in [0.5, 0.6) is 5.88 Å². The molecule has 1 saturated heterocycles. The predicted molar refractivity (Wildman–Crippen MR) is 122 cm³/mol. The molecule has 0 bridgehead atoms. The summed E-state index contributed by atoms with van der Waals surface area (Å²) in [4.78, 5) is 30.7. The number of nitrogen functional groups attached to an aromatic ring is 1. The highest BCUT2D eigenvalue weighted by molar-refractivity contribution is 5.81. The number of aliphatic hydroxyl groups is 1. The van der Waals surface area contributed by atoms with Gasteiger partial charge in [0.1, 0.15) is 17.9 Å². The van der Waals surface area contributed by atoms with Crippen LogP contribution in [0.3, 0.4) is 0 Å². The van der Waals surface area contributed by atoms with Gasteiger partial charge in [0.25, 0.3) is 5.88 Å². The lowest BCUT2D eigenvalue weighted by molar-refractivity contribution is -0.136. The predicted octanol–water partition coefficient (Wildman–Crippen LogP) is 0.925. The third-order valence-corrected chi connectivity index (χ3v) is 5.84. The number of nitrogens with zero attached hydrogens (tertiary/aromatic N) is 5. The molecular formula is C22H30FN7O4. The summed E-state index contributed by atoms with van der Waals surface area (Å²) in [5.74, 6) is -0.926.